The molecule has 47 heavy (non-hydrogen) atoms. The number of fused-ring (bicyclic) bond motifs is 10. The second-order valence-corrected chi connectivity index (χ2v) is 12.5. The van der Waals surface area contributed by atoms with Crippen molar-refractivity contribution in [3.05, 3.63) is 169 Å². The molecule has 1 heterocycles. The molecule has 0 amide bonds. The zero-order chi connectivity index (χ0) is 30.9. The van der Waals surface area contributed by atoms with E-state index in [1.54, 1.807) is 0 Å². The second-order valence-electron chi connectivity index (χ2n) is 12.5. The van der Waals surface area contributed by atoms with Crippen LogP contribution in [-0.4, -0.2) is 9.97 Å². The summed E-state index contributed by atoms with van der Waals surface area (Å²) in [6.07, 6.45) is 0.854. The van der Waals surface area contributed by atoms with Crippen molar-refractivity contribution in [1.82, 2.24) is 9.97 Å². The molecule has 0 fully saturated rings. The first-order chi connectivity index (χ1) is 23.3. The van der Waals surface area contributed by atoms with Gasteiger partial charge in [0.15, 0.2) is 5.82 Å². The molecule has 0 aliphatic heterocycles. The molecule has 9 aromatic rings. The van der Waals surface area contributed by atoms with Crippen LogP contribution in [0.3, 0.4) is 0 Å². The first-order valence-electron chi connectivity index (χ1n) is 16.2. The summed E-state index contributed by atoms with van der Waals surface area (Å²) in [5.41, 5.74) is 11.9. The molecule has 1 aliphatic rings. The lowest BCUT2D eigenvalue weighted by molar-refractivity contribution is 1.19. The molecule has 0 atom stereocenters. The van der Waals surface area contributed by atoms with Gasteiger partial charge >= 0.3 is 0 Å². The van der Waals surface area contributed by atoms with Crippen molar-refractivity contribution >= 4 is 43.2 Å². The average Bonchev–Trinajstić information content (AvgIpc) is 3.54. The molecule has 1 aromatic heterocycles. The summed E-state index contributed by atoms with van der Waals surface area (Å²) in [7, 11) is 0. The maximum Gasteiger partial charge on any atom is 0.160 e. The highest BCUT2D eigenvalue weighted by Gasteiger charge is 2.26. The third-order valence-corrected chi connectivity index (χ3v) is 9.94. The lowest BCUT2D eigenvalue weighted by Gasteiger charge is -2.14. The van der Waals surface area contributed by atoms with Crippen molar-refractivity contribution in [3.63, 3.8) is 0 Å². The zero-order valence-corrected chi connectivity index (χ0v) is 25.6. The maximum atomic E-state index is 5.40. The minimum Gasteiger partial charge on any atom is -0.228 e. The van der Waals surface area contributed by atoms with E-state index < -0.39 is 0 Å². The van der Waals surface area contributed by atoms with Gasteiger partial charge in [-0.05, 0) is 77.8 Å². The standard InChI is InChI=1S/C45H28N2/c1-2-12-28(13-3-1)30-19-10-20-35-36-21-11-22-38(42(36)27-41(30)35)45-46-43-23-9-8-18-39(43)44(47-45)29-24-25-37-33-16-5-4-14-31(33)32-15-6-7-17-34(32)40(37)26-29/h1-26H,27H2. The fraction of sp³-hybridized carbons (Fsp3) is 0.0222. The molecular weight excluding hydrogens is 569 g/mol. The molecule has 10 rings (SSSR count). The Balaban J connectivity index is 1.18. The van der Waals surface area contributed by atoms with Crippen LogP contribution in [0.1, 0.15) is 11.1 Å². The van der Waals surface area contributed by atoms with Gasteiger partial charge in [0.2, 0.25) is 0 Å². The number of rotatable bonds is 3. The van der Waals surface area contributed by atoms with E-state index in [0.29, 0.717) is 0 Å². The summed E-state index contributed by atoms with van der Waals surface area (Å²) in [4.78, 5) is 10.6. The van der Waals surface area contributed by atoms with Crippen LogP contribution >= 0.6 is 0 Å². The van der Waals surface area contributed by atoms with Crippen LogP contribution in [-0.2, 0) is 6.42 Å². The minimum atomic E-state index is 0.771. The van der Waals surface area contributed by atoms with E-state index in [0.717, 1.165) is 40.0 Å². The Hall–Kier alpha value is -6.12. The quantitative estimate of drug-likeness (QED) is 0.190. The van der Waals surface area contributed by atoms with Crippen molar-refractivity contribution in [3.8, 4) is 44.9 Å². The van der Waals surface area contributed by atoms with Gasteiger partial charge in [0.05, 0.1) is 11.2 Å². The molecule has 1 aliphatic carbocycles. The van der Waals surface area contributed by atoms with Crippen molar-refractivity contribution in [1.29, 1.82) is 0 Å². The van der Waals surface area contributed by atoms with Crippen molar-refractivity contribution in [2.75, 3.05) is 0 Å². The van der Waals surface area contributed by atoms with Crippen LogP contribution in [0.15, 0.2) is 158 Å². The normalized spacial score (nSPS) is 12.2. The van der Waals surface area contributed by atoms with E-state index in [4.69, 9.17) is 9.97 Å². The van der Waals surface area contributed by atoms with Crippen LogP contribution in [0.4, 0.5) is 0 Å². The van der Waals surface area contributed by atoms with Crippen LogP contribution < -0.4 is 0 Å². The zero-order valence-electron chi connectivity index (χ0n) is 25.6. The van der Waals surface area contributed by atoms with E-state index in [1.807, 2.05) is 0 Å². The molecule has 0 spiro atoms. The number of hydrogen-bond acceptors (Lipinski definition) is 2. The maximum absolute atomic E-state index is 5.40. The van der Waals surface area contributed by atoms with Gasteiger partial charge in [-0.25, -0.2) is 9.97 Å². The van der Waals surface area contributed by atoms with E-state index in [-0.39, 0.29) is 0 Å². The Bertz CT molecular complexity index is 2670. The molecule has 0 unspecified atom stereocenters. The second kappa shape index (κ2) is 10.2. The SMILES string of the molecule is c1ccc(-c2cccc3c2Cc2c(-c4nc(-c5ccc6c7ccccc7c7ccccc7c6c5)c5ccccc5n4)cccc2-3)cc1. The molecule has 218 valence electrons. The number of nitrogens with zero attached hydrogens (tertiary/aromatic N) is 2. The first-order valence-corrected chi connectivity index (χ1v) is 16.2. The Kier molecular flexibility index (Phi) is 5.67. The summed E-state index contributed by atoms with van der Waals surface area (Å²) in [6.45, 7) is 0. The predicted octanol–water partition coefficient (Wildman–Crippen LogP) is 11.7. The topological polar surface area (TPSA) is 25.8 Å². The Morgan fingerprint density at radius 2 is 0.872 bits per heavy atom. The summed E-state index contributed by atoms with van der Waals surface area (Å²) in [6, 6.07) is 56.7. The van der Waals surface area contributed by atoms with Gasteiger partial charge in [-0.3, -0.25) is 0 Å². The Morgan fingerprint density at radius 1 is 0.340 bits per heavy atom. The van der Waals surface area contributed by atoms with E-state index in [1.165, 1.54) is 65.7 Å². The molecule has 0 saturated heterocycles. The molecule has 0 saturated carbocycles. The minimum absolute atomic E-state index is 0.771. The highest BCUT2D eigenvalue weighted by molar-refractivity contribution is 6.25. The van der Waals surface area contributed by atoms with Gasteiger partial charge in [0, 0.05) is 22.9 Å². The summed E-state index contributed by atoms with van der Waals surface area (Å²) in [5, 5.41) is 8.65. The number of aromatic nitrogens is 2. The summed E-state index contributed by atoms with van der Waals surface area (Å²) < 4.78 is 0. The first kappa shape index (κ1) is 26.1. The summed E-state index contributed by atoms with van der Waals surface area (Å²) >= 11 is 0. The lowest BCUT2D eigenvalue weighted by atomic mass is 9.92. The molecular formula is C45H28N2. The van der Waals surface area contributed by atoms with Gasteiger partial charge in [0.1, 0.15) is 0 Å². The average molecular weight is 597 g/mol. The van der Waals surface area contributed by atoms with Gasteiger partial charge in [-0.2, -0.15) is 0 Å². The smallest absolute Gasteiger partial charge is 0.160 e. The third kappa shape index (κ3) is 3.98. The summed E-state index contributed by atoms with van der Waals surface area (Å²) in [5.74, 6) is 0.771. The number of hydrogen-bond donors (Lipinski definition) is 0. The van der Waals surface area contributed by atoms with E-state index in [9.17, 15) is 0 Å². The van der Waals surface area contributed by atoms with Gasteiger partial charge in [-0.15, -0.1) is 0 Å². The highest BCUT2D eigenvalue weighted by atomic mass is 14.9. The predicted molar refractivity (Wildman–Crippen MR) is 197 cm³/mol. The number of benzene rings is 8. The van der Waals surface area contributed by atoms with E-state index in [2.05, 4.69) is 158 Å². The highest BCUT2D eigenvalue weighted by Crippen LogP contribution is 2.45. The van der Waals surface area contributed by atoms with Crippen molar-refractivity contribution in [2.24, 2.45) is 0 Å². The third-order valence-electron chi connectivity index (χ3n) is 9.94. The Morgan fingerprint density at radius 3 is 1.57 bits per heavy atom. The fourth-order valence-electron chi connectivity index (χ4n) is 7.81. The van der Waals surface area contributed by atoms with Crippen molar-refractivity contribution < 1.29 is 0 Å². The molecule has 0 radical (unpaired) electrons. The van der Waals surface area contributed by atoms with Gasteiger partial charge in [0.25, 0.3) is 0 Å². The molecule has 0 bridgehead atoms. The largest absolute Gasteiger partial charge is 0.228 e. The molecule has 2 heteroatoms. The van der Waals surface area contributed by atoms with Crippen LogP contribution in [0, 0.1) is 0 Å². The van der Waals surface area contributed by atoms with Crippen molar-refractivity contribution in [2.45, 2.75) is 6.42 Å². The number of para-hydroxylation sites is 1. The molecule has 0 N–H and O–H groups in total. The van der Waals surface area contributed by atoms with Crippen LogP contribution in [0.2, 0.25) is 0 Å². The van der Waals surface area contributed by atoms with Crippen LogP contribution in [0.5, 0.6) is 0 Å². The van der Waals surface area contributed by atoms with Gasteiger partial charge < -0.3 is 0 Å². The van der Waals surface area contributed by atoms with Gasteiger partial charge in [-0.1, -0.05) is 146 Å². The van der Waals surface area contributed by atoms with E-state index >= 15 is 0 Å². The molecule has 8 aromatic carbocycles. The lowest BCUT2D eigenvalue weighted by Crippen LogP contribution is -1.98. The van der Waals surface area contributed by atoms with Crippen LogP contribution in [0.25, 0.3) is 88.1 Å². The Labute approximate surface area is 272 Å². The monoisotopic (exact) mass is 596 g/mol. The fourth-order valence-corrected chi connectivity index (χ4v) is 7.81. The molecule has 2 nitrogen and oxygen atoms in total.